The quantitative estimate of drug-likeness (QED) is 0.592. The zero-order valence-corrected chi connectivity index (χ0v) is 14.8. The van der Waals surface area contributed by atoms with Gasteiger partial charge in [-0.3, -0.25) is 4.79 Å². The van der Waals surface area contributed by atoms with Crippen LogP contribution in [0.15, 0.2) is 42.5 Å². The van der Waals surface area contributed by atoms with Crippen molar-refractivity contribution in [3.63, 3.8) is 0 Å². The maximum Gasteiger partial charge on any atom is 0.416 e. The van der Waals surface area contributed by atoms with E-state index in [1.54, 1.807) is 24.3 Å². The molecule has 1 N–H and O–H groups in total. The average Bonchev–Trinajstić information content (AvgIpc) is 2.95. The van der Waals surface area contributed by atoms with Gasteiger partial charge in [0, 0.05) is 17.4 Å². The number of carboxylic acids is 1. The Hall–Kier alpha value is -2.12. The highest BCUT2D eigenvalue weighted by Crippen LogP contribution is 2.34. The minimum atomic E-state index is -4.42. The molecule has 0 amide bonds. The monoisotopic (exact) mass is 399 g/mol. The van der Waals surface area contributed by atoms with Crippen molar-refractivity contribution in [1.82, 2.24) is 4.98 Å². The van der Waals surface area contributed by atoms with Gasteiger partial charge in [-0.25, -0.2) is 4.98 Å². The van der Waals surface area contributed by atoms with Crippen LogP contribution in [-0.2, 0) is 17.4 Å². The van der Waals surface area contributed by atoms with Crippen molar-refractivity contribution >= 4 is 39.1 Å². The van der Waals surface area contributed by atoms with E-state index in [2.05, 4.69) is 4.98 Å². The maximum atomic E-state index is 12.8. The number of thiazole rings is 1. The second kappa shape index (κ2) is 7.25. The molecular formula is C18H13ClF3NO2S. The Morgan fingerprint density at radius 2 is 1.88 bits per heavy atom. The van der Waals surface area contributed by atoms with E-state index in [4.69, 9.17) is 11.6 Å². The van der Waals surface area contributed by atoms with E-state index in [0.29, 0.717) is 21.2 Å². The molecule has 3 aromatic rings. The van der Waals surface area contributed by atoms with Crippen molar-refractivity contribution in [2.45, 2.75) is 24.9 Å². The molecule has 0 bridgehead atoms. The van der Waals surface area contributed by atoms with Crippen molar-refractivity contribution in [3.8, 4) is 0 Å². The molecule has 1 unspecified atom stereocenters. The summed E-state index contributed by atoms with van der Waals surface area (Å²) in [4.78, 5) is 15.5. The first kappa shape index (κ1) is 18.7. The molecule has 8 heteroatoms. The van der Waals surface area contributed by atoms with Crippen LogP contribution >= 0.6 is 22.9 Å². The third-order valence-electron chi connectivity index (χ3n) is 3.94. The fraction of sp³-hybridized carbons (Fsp3) is 0.222. The van der Waals surface area contributed by atoms with Crippen molar-refractivity contribution in [2.75, 3.05) is 0 Å². The minimum absolute atomic E-state index is 0.106. The Kier molecular flexibility index (Phi) is 5.20. The van der Waals surface area contributed by atoms with Crippen molar-refractivity contribution < 1.29 is 23.1 Å². The number of nitrogens with zero attached hydrogens (tertiary/aromatic N) is 1. The van der Waals surface area contributed by atoms with Gasteiger partial charge in [-0.05, 0) is 35.9 Å². The Morgan fingerprint density at radius 3 is 2.50 bits per heavy atom. The summed E-state index contributed by atoms with van der Waals surface area (Å²) in [5.74, 6) is -1.29. The highest BCUT2D eigenvalue weighted by molar-refractivity contribution is 7.18. The smallest absolute Gasteiger partial charge is 0.416 e. The normalized spacial score (nSPS) is 13.1. The maximum absolute atomic E-state index is 12.8. The summed E-state index contributed by atoms with van der Waals surface area (Å²) in [5.41, 5.74) is 0.318. The van der Waals surface area contributed by atoms with Crippen molar-refractivity contribution in [3.05, 3.63) is 63.6 Å². The molecule has 0 saturated heterocycles. The van der Waals surface area contributed by atoms with Crippen LogP contribution in [0.1, 0.15) is 28.5 Å². The molecule has 26 heavy (non-hydrogen) atoms. The predicted molar refractivity (Wildman–Crippen MR) is 94.8 cm³/mol. The Morgan fingerprint density at radius 1 is 1.19 bits per heavy atom. The topological polar surface area (TPSA) is 50.2 Å². The molecule has 0 spiro atoms. The van der Waals surface area contributed by atoms with E-state index in [1.165, 1.54) is 17.4 Å². The minimum Gasteiger partial charge on any atom is -0.481 e. The second-order valence-corrected chi connectivity index (χ2v) is 7.39. The van der Waals surface area contributed by atoms with Gasteiger partial charge in [0.1, 0.15) is 0 Å². The lowest BCUT2D eigenvalue weighted by molar-refractivity contribution is -0.138. The molecule has 136 valence electrons. The van der Waals surface area contributed by atoms with Crippen LogP contribution in [0, 0.1) is 0 Å². The third kappa shape index (κ3) is 4.34. The molecule has 0 aliphatic carbocycles. The van der Waals surface area contributed by atoms with E-state index in [0.717, 1.165) is 17.7 Å². The summed E-state index contributed by atoms with van der Waals surface area (Å²) >= 11 is 7.14. The molecular weight excluding hydrogens is 387 g/mol. The second-order valence-electron chi connectivity index (χ2n) is 5.84. The standard InChI is InChI=1S/C18H13ClF3NO2S/c19-13-4-1-10(2-5-13)11(8-17(24)25)7-16-23-14-9-12(18(20,21)22)3-6-15(14)26-16/h1-6,9,11H,7-8H2,(H,24,25). The lowest BCUT2D eigenvalue weighted by atomic mass is 9.93. The van der Waals surface area contributed by atoms with Crippen LogP contribution in [0.2, 0.25) is 5.02 Å². The number of aliphatic carboxylic acids is 1. The number of hydrogen-bond donors (Lipinski definition) is 1. The summed E-state index contributed by atoms with van der Waals surface area (Å²) in [7, 11) is 0. The number of hydrogen-bond acceptors (Lipinski definition) is 3. The number of carboxylic acid groups (broad SMARTS) is 1. The molecule has 0 saturated carbocycles. The van der Waals surface area contributed by atoms with E-state index in [1.807, 2.05) is 0 Å². The molecule has 1 aromatic heterocycles. The van der Waals surface area contributed by atoms with E-state index < -0.39 is 17.7 Å². The molecule has 2 aromatic carbocycles. The van der Waals surface area contributed by atoms with Gasteiger partial charge in [0.05, 0.1) is 27.2 Å². The fourth-order valence-corrected chi connectivity index (χ4v) is 3.86. The zero-order chi connectivity index (χ0) is 18.9. The molecule has 1 heterocycles. The predicted octanol–water partition coefficient (Wildman–Crippen LogP) is 5.77. The number of fused-ring (bicyclic) bond motifs is 1. The van der Waals surface area contributed by atoms with Crippen LogP contribution in [0.25, 0.3) is 10.2 Å². The van der Waals surface area contributed by atoms with Gasteiger partial charge in [0.15, 0.2) is 0 Å². The summed E-state index contributed by atoms with van der Waals surface area (Å²) in [6.07, 6.45) is -4.20. The first-order valence-electron chi connectivity index (χ1n) is 7.66. The van der Waals surface area contributed by atoms with Gasteiger partial charge in [0.2, 0.25) is 0 Å². The van der Waals surface area contributed by atoms with E-state index >= 15 is 0 Å². The number of alkyl halides is 3. The summed E-state index contributed by atoms with van der Waals surface area (Å²) in [6, 6.07) is 10.3. The SMILES string of the molecule is O=C(O)CC(Cc1nc2cc(C(F)(F)F)ccc2s1)c1ccc(Cl)cc1. The third-order valence-corrected chi connectivity index (χ3v) is 5.25. The highest BCUT2D eigenvalue weighted by atomic mass is 35.5. The number of aromatic nitrogens is 1. The zero-order valence-electron chi connectivity index (χ0n) is 13.3. The van der Waals surface area contributed by atoms with Gasteiger partial charge in [-0.1, -0.05) is 23.7 Å². The van der Waals surface area contributed by atoms with Crippen LogP contribution < -0.4 is 0 Å². The van der Waals surface area contributed by atoms with Crippen molar-refractivity contribution in [2.24, 2.45) is 0 Å². The Bertz CT molecular complexity index is 938. The lowest BCUT2D eigenvalue weighted by Gasteiger charge is -2.14. The largest absolute Gasteiger partial charge is 0.481 e. The first-order chi connectivity index (χ1) is 12.2. The Labute approximate surface area is 156 Å². The van der Waals surface area contributed by atoms with Crippen LogP contribution in [0.5, 0.6) is 0 Å². The molecule has 0 fully saturated rings. The lowest BCUT2D eigenvalue weighted by Crippen LogP contribution is -2.09. The van der Waals surface area contributed by atoms with Gasteiger partial charge in [0.25, 0.3) is 0 Å². The van der Waals surface area contributed by atoms with Gasteiger partial charge < -0.3 is 5.11 Å². The van der Waals surface area contributed by atoms with Gasteiger partial charge in [-0.15, -0.1) is 11.3 Å². The number of carbonyl (C=O) groups is 1. The summed E-state index contributed by atoms with van der Waals surface area (Å²) in [5, 5.41) is 10.3. The molecule has 3 rings (SSSR count). The number of benzene rings is 2. The first-order valence-corrected chi connectivity index (χ1v) is 8.86. The van der Waals surface area contributed by atoms with Crippen LogP contribution in [0.3, 0.4) is 0 Å². The Balaban J connectivity index is 1.90. The van der Waals surface area contributed by atoms with Gasteiger partial charge in [-0.2, -0.15) is 13.2 Å². The molecule has 0 aliphatic heterocycles. The van der Waals surface area contributed by atoms with Gasteiger partial charge >= 0.3 is 12.1 Å². The molecule has 3 nitrogen and oxygen atoms in total. The van der Waals surface area contributed by atoms with Crippen molar-refractivity contribution in [1.29, 1.82) is 0 Å². The van der Waals surface area contributed by atoms with Crippen LogP contribution in [-0.4, -0.2) is 16.1 Å². The van der Waals surface area contributed by atoms with Crippen LogP contribution in [0.4, 0.5) is 13.2 Å². The highest BCUT2D eigenvalue weighted by Gasteiger charge is 2.31. The molecule has 0 radical (unpaired) electrons. The average molecular weight is 400 g/mol. The molecule has 1 atom stereocenters. The number of rotatable bonds is 5. The van der Waals surface area contributed by atoms with E-state index in [-0.39, 0.29) is 17.9 Å². The summed E-state index contributed by atoms with van der Waals surface area (Å²) in [6.45, 7) is 0. The van der Waals surface area contributed by atoms with E-state index in [9.17, 15) is 23.1 Å². The molecule has 0 aliphatic rings. The number of halogens is 4. The summed E-state index contributed by atoms with van der Waals surface area (Å²) < 4.78 is 39.1. The fourth-order valence-electron chi connectivity index (χ4n) is 2.70.